The van der Waals surface area contributed by atoms with Crippen molar-refractivity contribution in [3.8, 4) is 11.1 Å². The van der Waals surface area contributed by atoms with Crippen LogP contribution in [0, 0.1) is 0 Å². The Labute approximate surface area is 171 Å². The zero-order valence-corrected chi connectivity index (χ0v) is 16.9. The van der Waals surface area contributed by atoms with Gasteiger partial charge in [0.15, 0.2) is 0 Å². The summed E-state index contributed by atoms with van der Waals surface area (Å²) in [5.41, 5.74) is 3.38. The van der Waals surface area contributed by atoms with Gasteiger partial charge in [-0.2, -0.15) is 0 Å². The Kier molecular flexibility index (Phi) is 7.13. The highest BCUT2D eigenvalue weighted by atomic mass is 35.5. The first-order valence-corrected chi connectivity index (χ1v) is 8.68. The molecule has 6 heteroatoms. The van der Waals surface area contributed by atoms with Crippen molar-refractivity contribution >= 4 is 53.1 Å². The van der Waals surface area contributed by atoms with E-state index in [1.165, 1.54) is 11.1 Å². The molecule has 1 fully saturated rings. The van der Waals surface area contributed by atoms with Gasteiger partial charge in [-0.25, -0.2) is 4.98 Å². The summed E-state index contributed by atoms with van der Waals surface area (Å²) >= 11 is 6.24. The van der Waals surface area contributed by atoms with Crippen molar-refractivity contribution in [2.75, 3.05) is 38.1 Å². The summed E-state index contributed by atoms with van der Waals surface area (Å²) < 4.78 is 0. The van der Waals surface area contributed by atoms with Gasteiger partial charge in [0.2, 0.25) is 0 Å². The third-order valence-electron chi connectivity index (χ3n) is 4.67. The molecule has 0 radical (unpaired) electrons. The molecule has 1 saturated heterocycles. The number of hydrogen-bond donors (Lipinski definition) is 0. The summed E-state index contributed by atoms with van der Waals surface area (Å²) in [6.45, 7) is 4.16. The van der Waals surface area contributed by atoms with Crippen LogP contribution in [-0.4, -0.2) is 43.1 Å². The van der Waals surface area contributed by atoms with E-state index in [1.54, 1.807) is 0 Å². The van der Waals surface area contributed by atoms with Crippen molar-refractivity contribution in [1.82, 2.24) is 9.88 Å². The number of anilines is 1. The normalized spacial score (nSPS) is 14.6. The van der Waals surface area contributed by atoms with Crippen LogP contribution < -0.4 is 4.90 Å². The van der Waals surface area contributed by atoms with Crippen LogP contribution in [0.1, 0.15) is 0 Å². The molecule has 3 aromatic rings. The molecular weight excluding hydrogens is 389 g/mol. The quantitative estimate of drug-likeness (QED) is 0.582. The van der Waals surface area contributed by atoms with E-state index in [-0.39, 0.29) is 24.8 Å². The molecule has 0 amide bonds. The summed E-state index contributed by atoms with van der Waals surface area (Å²) in [5.74, 6) is 1.05. The van der Waals surface area contributed by atoms with Gasteiger partial charge in [-0.15, -0.1) is 24.8 Å². The molecule has 0 aliphatic carbocycles. The number of hydrogen-bond acceptors (Lipinski definition) is 3. The van der Waals surface area contributed by atoms with Gasteiger partial charge in [0.25, 0.3) is 0 Å². The first kappa shape index (κ1) is 20.8. The molecule has 0 bridgehead atoms. The molecule has 3 nitrogen and oxygen atoms in total. The summed E-state index contributed by atoms with van der Waals surface area (Å²) in [6, 6.07) is 18.6. The second-order valence-electron chi connectivity index (χ2n) is 6.35. The molecule has 1 aliphatic rings. The predicted molar refractivity (Wildman–Crippen MR) is 116 cm³/mol. The highest BCUT2D eigenvalue weighted by Crippen LogP contribution is 2.33. The Morgan fingerprint density at radius 3 is 2.27 bits per heavy atom. The molecular formula is C20H22Cl3N3. The topological polar surface area (TPSA) is 19.4 Å². The summed E-state index contributed by atoms with van der Waals surface area (Å²) in [4.78, 5) is 9.63. The van der Waals surface area contributed by atoms with Gasteiger partial charge in [-0.3, -0.25) is 0 Å². The Hall–Kier alpha value is -1.52. The summed E-state index contributed by atoms with van der Waals surface area (Å²) in [7, 11) is 2.17. The van der Waals surface area contributed by atoms with E-state index >= 15 is 0 Å². The average Bonchev–Trinajstić information content (AvgIpc) is 2.62. The second-order valence-corrected chi connectivity index (χ2v) is 6.78. The average molecular weight is 411 g/mol. The lowest BCUT2D eigenvalue weighted by atomic mass is 10.0. The third-order valence-corrected chi connectivity index (χ3v) is 4.90. The largest absolute Gasteiger partial charge is 0.354 e. The van der Waals surface area contributed by atoms with Crippen LogP contribution in [0.15, 0.2) is 54.6 Å². The monoisotopic (exact) mass is 409 g/mol. The predicted octanol–water partition coefficient (Wildman–Crippen LogP) is 5.15. The molecule has 0 unspecified atom stereocenters. The SMILES string of the molecule is CN1CCN(c2cc(-c3ccccc3)c3cc(Cl)ccc3n2)CC1.Cl.Cl. The minimum absolute atomic E-state index is 0. The molecule has 138 valence electrons. The van der Waals surface area contributed by atoms with Crippen molar-refractivity contribution in [3.05, 3.63) is 59.6 Å². The number of rotatable bonds is 2. The van der Waals surface area contributed by atoms with Gasteiger partial charge in [0.05, 0.1) is 5.52 Å². The van der Waals surface area contributed by atoms with Crippen LogP contribution in [0.3, 0.4) is 0 Å². The molecule has 2 heterocycles. The Morgan fingerprint density at radius 1 is 0.885 bits per heavy atom. The van der Waals surface area contributed by atoms with E-state index in [2.05, 4.69) is 47.2 Å². The number of pyridine rings is 1. The Morgan fingerprint density at radius 2 is 1.58 bits per heavy atom. The van der Waals surface area contributed by atoms with Crippen molar-refractivity contribution in [3.63, 3.8) is 0 Å². The number of piperazine rings is 1. The molecule has 26 heavy (non-hydrogen) atoms. The number of likely N-dealkylation sites (N-methyl/N-ethyl adjacent to an activating group) is 1. The Bertz CT molecular complexity index is 863. The third kappa shape index (κ3) is 4.24. The van der Waals surface area contributed by atoms with Gasteiger partial charge in [0, 0.05) is 36.6 Å². The standard InChI is InChI=1S/C20H20ClN3.2ClH/c1-23-9-11-24(12-10-23)20-14-17(15-5-3-2-4-6-15)18-13-16(21)7-8-19(18)22-20;;/h2-8,13-14H,9-12H2,1H3;2*1H. The van der Waals surface area contributed by atoms with Gasteiger partial charge in [-0.1, -0.05) is 41.9 Å². The number of nitrogens with zero attached hydrogens (tertiary/aromatic N) is 3. The number of benzene rings is 2. The van der Waals surface area contributed by atoms with Crippen LogP contribution in [0.4, 0.5) is 5.82 Å². The van der Waals surface area contributed by atoms with Crippen LogP contribution >= 0.6 is 36.4 Å². The fourth-order valence-electron chi connectivity index (χ4n) is 3.24. The Balaban J connectivity index is 0.00000121. The zero-order chi connectivity index (χ0) is 16.5. The number of fused-ring (bicyclic) bond motifs is 1. The van der Waals surface area contributed by atoms with Gasteiger partial charge < -0.3 is 9.80 Å². The van der Waals surface area contributed by atoms with Gasteiger partial charge >= 0.3 is 0 Å². The molecule has 0 atom stereocenters. The maximum Gasteiger partial charge on any atom is 0.129 e. The number of halogens is 3. The van der Waals surface area contributed by atoms with Gasteiger partial charge in [0.1, 0.15) is 5.82 Å². The highest BCUT2D eigenvalue weighted by Gasteiger charge is 2.17. The maximum atomic E-state index is 6.24. The van der Waals surface area contributed by atoms with Crippen molar-refractivity contribution in [2.24, 2.45) is 0 Å². The number of aromatic nitrogens is 1. The first-order valence-electron chi connectivity index (χ1n) is 8.30. The molecule has 0 N–H and O–H groups in total. The van der Waals surface area contributed by atoms with Crippen molar-refractivity contribution in [1.29, 1.82) is 0 Å². The maximum absolute atomic E-state index is 6.24. The van der Waals surface area contributed by atoms with E-state index in [0.29, 0.717) is 0 Å². The van der Waals surface area contributed by atoms with Crippen LogP contribution in [0.25, 0.3) is 22.0 Å². The van der Waals surface area contributed by atoms with Crippen LogP contribution in [-0.2, 0) is 0 Å². The van der Waals surface area contributed by atoms with Crippen molar-refractivity contribution < 1.29 is 0 Å². The molecule has 2 aromatic carbocycles. The zero-order valence-electron chi connectivity index (χ0n) is 14.6. The first-order chi connectivity index (χ1) is 11.7. The van der Waals surface area contributed by atoms with Crippen LogP contribution in [0.2, 0.25) is 5.02 Å². The van der Waals surface area contributed by atoms with Crippen LogP contribution in [0.5, 0.6) is 0 Å². The fourth-order valence-corrected chi connectivity index (χ4v) is 3.41. The molecule has 4 rings (SSSR count). The van der Waals surface area contributed by atoms with Gasteiger partial charge in [-0.05, 0) is 42.4 Å². The summed E-state index contributed by atoms with van der Waals surface area (Å²) in [6.07, 6.45) is 0. The van der Waals surface area contributed by atoms with E-state index in [0.717, 1.165) is 47.9 Å². The second kappa shape index (κ2) is 8.92. The molecule has 1 aliphatic heterocycles. The van der Waals surface area contributed by atoms with E-state index in [9.17, 15) is 0 Å². The van der Waals surface area contributed by atoms with E-state index < -0.39 is 0 Å². The molecule has 0 spiro atoms. The minimum Gasteiger partial charge on any atom is -0.354 e. The van der Waals surface area contributed by atoms with Crippen molar-refractivity contribution in [2.45, 2.75) is 0 Å². The smallest absolute Gasteiger partial charge is 0.129 e. The minimum atomic E-state index is 0. The van der Waals surface area contributed by atoms with E-state index in [4.69, 9.17) is 16.6 Å². The summed E-state index contributed by atoms with van der Waals surface area (Å²) in [5, 5.41) is 1.85. The fraction of sp³-hybridized carbons (Fsp3) is 0.250. The molecule has 0 saturated carbocycles. The highest BCUT2D eigenvalue weighted by molar-refractivity contribution is 6.31. The lowest BCUT2D eigenvalue weighted by Gasteiger charge is -2.33. The lowest BCUT2D eigenvalue weighted by Crippen LogP contribution is -2.44. The lowest BCUT2D eigenvalue weighted by molar-refractivity contribution is 0.312. The van der Waals surface area contributed by atoms with E-state index in [1.807, 2.05) is 24.3 Å². The molecule has 1 aromatic heterocycles.